The van der Waals surface area contributed by atoms with E-state index in [1.165, 1.54) is 6.07 Å². The van der Waals surface area contributed by atoms with Crippen LogP contribution in [0.4, 0.5) is 17.1 Å². The van der Waals surface area contributed by atoms with Gasteiger partial charge in [0.25, 0.3) is 5.69 Å². The van der Waals surface area contributed by atoms with Gasteiger partial charge in [-0.2, -0.15) is 0 Å². The minimum atomic E-state index is -0.738. The van der Waals surface area contributed by atoms with Crippen LogP contribution in [-0.2, 0) is 0 Å². The van der Waals surface area contributed by atoms with Crippen molar-refractivity contribution < 1.29 is 14.6 Å². The van der Waals surface area contributed by atoms with E-state index in [0.29, 0.717) is 14.0 Å². The number of aryl methyl sites for hydroxylation is 1. The molecule has 0 unspecified atom stereocenters. The summed E-state index contributed by atoms with van der Waals surface area (Å²) in [5.74, 6) is 0.140. The molecule has 0 amide bonds. The third-order valence-electron chi connectivity index (χ3n) is 4.11. The van der Waals surface area contributed by atoms with Crippen LogP contribution in [0.2, 0.25) is 5.02 Å². The van der Waals surface area contributed by atoms with Crippen LogP contribution >= 0.6 is 43.5 Å². The zero-order chi connectivity index (χ0) is 22.7. The van der Waals surface area contributed by atoms with Crippen molar-refractivity contribution in [3.05, 3.63) is 93.9 Å². The highest BCUT2D eigenvalue weighted by atomic mass is 79.9. The molecule has 0 aliphatic heterocycles. The summed E-state index contributed by atoms with van der Waals surface area (Å²) in [4.78, 5) is 25.2. The minimum Gasteiger partial charge on any atom is -0.448 e. The monoisotopic (exact) mass is 567 g/mol. The van der Waals surface area contributed by atoms with Crippen LogP contribution in [0.25, 0.3) is 0 Å². The van der Waals surface area contributed by atoms with Gasteiger partial charge in [-0.1, -0.05) is 17.7 Å². The molecule has 0 heterocycles. The molecule has 0 aliphatic carbocycles. The van der Waals surface area contributed by atoms with E-state index >= 15 is 0 Å². The molecule has 31 heavy (non-hydrogen) atoms. The predicted octanol–water partition coefficient (Wildman–Crippen LogP) is 7.53. The van der Waals surface area contributed by atoms with E-state index in [9.17, 15) is 20.2 Å². The van der Waals surface area contributed by atoms with Crippen molar-refractivity contribution in [1.29, 1.82) is 0 Å². The molecule has 0 aromatic heterocycles. The number of non-ortho nitro benzene ring substituents is 1. The smallest absolute Gasteiger partial charge is 0.318 e. The van der Waals surface area contributed by atoms with Gasteiger partial charge in [0.05, 0.1) is 30.5 Å². The van der Waals surface area contributed by atoms with Crippen LogP contribution in [0.3, 0.4) is 0 Å². The molecule has 11 heteroatoms. The topological polar surface area (TPSA) is 108 Å². The number of benzene rings is 3. The molecule has 3 aromatic carbocycles. The van der Waals surface area contributed by atoms with E-state index in [4.69, 9.17) is 16.3 Å². The van der Waals surface area contributed by atoms with Gasteiger partial charge in [-0.15, -0.1) is 0 Å². The fraction of sp³-hybridized carbons (Fsp3) is 0.0500. The van der Waals surface area contributed by atoms with Crippen LogP contribution in [-0.4, -0.2) is 16.1 Å². The maximum atomic E-state index is 11.3. The molecule has 0 radical (unpaired) electrons. The second-order valence-electron chi connectivity index (χ2n) is 6.27. The molecule has 0 atom stereocenters. The lowest BCUT2D eigenvalue weighted by molar-refractivity contribution is -0.394. The van der Waals surface area contributed by atoms with Crippen molar-refractivity contribution in [2.75, 3.05) is 0 Å². The zero-order valence-electron chi connectivity index (χ0n) is 15.7. The fourth-order valence-corrected chi connectivity index (χ4v) is 4.13. The Balaban J connectivity index is 1.93. The molecule has 0 aliphatic rings. The molecule has 0 N–H and O–H groups in total. The second kappa shape index (κ2) is 9.54. The lowest BCUT2D eigenvalue weighted by Gasteiger charge is -2.11. The second-order valence-corrected chi connectivity index (χ2v) is 8.42. The van der Waals surface area contributed by atoms with E-state index in [-0.39, 0.29) is 11.5 Å². The Morgan fingerprint density at radius 3 is 2.29 bits per heavy atom. The molecular formula is C20H12Br2ClN3O5. The summed E-state index contributed by atoms with van der Waals surface area (Å²) in [6, 6.07) is 12.0. The quantitative estimate of drug-likeness (QED) is 0.173. The lowest BCUT2D eigenvalue weighted by Crippen LogP contribution is -1.97. The highest BCUT2D eigenvalue weighted by Gasteiger charge is 2.22. The Labute approximate surface area is 198 Å². The maximum absolute atomic E-state index is 11.3. The van der Waals surface area contributed by atoms with Gasteiger partial charge >= 0.3 is 5.69 Å². The summed E-state index contributed by atoms with van der Waals surface area (Å²) in [6.45, 7) is 1.92. The number of aliphatic imine (C=N–C) groups is 1. The predicted molar refractivity (Wildman–Crippen MR) is 125 cm³/mol. The molecule has 0 saturated heterocycles. The molecule has 3 aromatic rings. The molecule has 158 valence electrons. The first-order valence-corrected chi connectivity index (χ1v) is 10.5. The Morgan fingerprint density at radius 1 is 1.00 bits per heavy atom. The van der Waals surface area contributed by atoms with E-state index in [1.54, 1.807) is 30.5 Å². The average molecular weight is 570 g/mol. The SMILES string of the molecule is Cc1ccc(Cl)cc1N=Cc1cc(Br)c(Oc2ccc([N+](=O)[O-])cc2[N+](=O)[O-])c(Br)c1. The van der Waals surface area contributed by atoms with Crippen molar-refractivity contribution in [2.24, 2.45) is 4.99 Å². The van der Waals surface area contributed by atoms with Gasteiger partial charge in [0.15, 0.2) is 5.75 Å². The van der Waals surface area contributed by atoms with E-state index < -0.39 is 21.2 Å². The lowest BCUT2D eigenvalue weighted by atomic mass is 10.2. The number of nitro groups is 2. The Morgan fingerprint density at radius 2 is 1.68 bits per heavy atom. The minimum absolute atomic E-state index is 0.132. The van der Waals surface area contributed by atoms with E-state index in [2.05, 4.69) is 36.9 Å². The Bertz CT molecular complexity index is 1210. The summed E-state index contributed by atoms with van der Waals surface area (Å²) in [5, 5.41) is 22.8. The highest BCUT2D eigenvalue weighted by Crippen LogP contribution is 2.41. The third kappa shape index (κ3) is 5.46. The molecular weight excluding hydrogens is 557 g/mol. The van der Waals surface area contributed by atoms with Crippen molar-refractivity contribution >= 4 is 66.7 Å². The van der Waals surface area contributed by atoms with Crippen LogP contribution in [0.15, 0.2) is 62.5 Å². The number of hydrogen-bond acceptors (Lipinski definition) is 6. The number of hydrogen-bond donors (Lipinski definition) is 0. The normalized spacial score (nSPS) is 11.0. The summed E-state index contributed by atoms with van der Waals surface area (Å²) < 4.78 is 6.70. The van der Waals surface area contributed by atoms with Gasteiger partial charge in [0.2, 0.25) is 5.75 Å². The summed E-state index contributed by atoms with van der Waals surface area (Å²) in [6.07, 6.45) is 1.65. The summed E-state index contributed by atoms with van der Waals surface area (Å²) in [5.41, 5.74) is 1.49. The Hall–Kier alpha value is -2.82. The fourth-order valence-electron chi connectivity index (χ4n) is 2.58. The van der Waals surface area contributed by atoms with E-state index in [0.717, 1.165) is 28.9 Å². The summed E-state index contributed by atoms with van der Waals surface area (Å²) in [7, 11) is 0. The third-order valence-corrected chi connectivity index (χ3v) is 5.52. The van der Waals surface area contributed by atoms with Gasteiger partial charge in [-0.25, -0.2) is 0 Å². The largest absolute Gasteiger partial charge is 0.448 e. The van der Waals surface area contributed by atoms with Gasteiger partial charge in [-0.3, -0.25) is 25.2 Å². The number of halogens is 3. The molecule has 0 spiro atoms. The number of rotatable bonds is 6. The first-order valence-electron chi connectivity index (χ1n) is 8.55. The standard InChI is InChI=1S/C20H12Br2ClN3O5/c1-11-2-3-13(23)8-17(11)24-10-12-6-15(21)20(16(22)7-12)31-19-5-4-14(25(27)28)9-18(19)26(29)30/h2-10H,1H3. The van der Waals surface area contributed by atoms with Gasteiger partial charge in [0.1, 0.15) is 0 Å². The zero-order valence-corrected chi connectivity index (χ0v) is 19.6. The van der Waals surface area contributed by atoms with Crippen molar-refractivity contribution in [3.8, 4) is 11.5 Å². The first-order chi connectivity index (χ1) is 14.7. The molecule has 0 bridgehead atoms. The van der Waals surface area contributed by atoms with E-state index in [1.807, 2.05) is 13.0 Å². The number of nitro benzene ring substituents is 2. The van der Waals surface area contributed by atoms with Crippen LogP contribution < -0.4 is 4.74 Å². The van der Waals surface area contributed by atoms with Crippen molar-refractivity contribution in [1.82, 2.24) is 0 Å². The Kier molecular flexibility index (Phi) is 7.04. The molecule has 3 rings (SSSR count). The van der Waals surface area contributed by atoms with Crippen LogP contribution in [0.5, 0.6) is 11.5 Å². The summed E-state index contributed by atoms with van der Waals surface area (Å²) >= 11 is 12.8. The van der Waals surface area contributed by atoms with Crippen LogP contribution in [0.1, 0.15) is 11.1 Å². The molecule has 8 nitrogen and oxygen atoms in total. The van der Waals surface area contributed by atoms with Gasteiger partial charge in [-0.05, 0) is 80.2 Å². The molecule has 0 saturated carbocycles. The first kappa shape index (κ1) is 22.9. The van der Waals surface area contributed by atoms with Crippen molar-refractivity contribution in [2.45, 2.75) is 6.92 Å². The molecule has 0 fully saturated rings. The van der Waals surface area contributed by atoms with Crippen molar-refractivity contribution in [3.63, 3.8) is 0 Å². The average Bonchev–Trinajstić information content (AvgIpc) is 2.71. The van der Waals surface area contributed by atoms with Gasteiger partial charge < -0.3 is 4.74 Å². The van der Waals surface area contributed by atoms with Gasteiger partial charge in [0, 0.05) is 17.3 Å². The maximum Gasteiger partial charge on any atom is 0.318 e. The highest BCUT2D eigenvalue weighted by molar-refractivity contribution is 9.11. The van der Waals surface area contributed by atoms with Crippen LogP contribution in [0, 0.1) is 27.2 Å². The number of ether oxygens (including phenoxy) is 1. The number of nitrogens with zero attached hydrogens (tertiary/aromatic N) is 3.